The van der Waals surface area contributed by atoms with Crippen molar-refractivity contribution in [2.24, 2.45) is 11.7 Å². The van der Waals surface area contributed by atoms with Crippen LogP contribution in [-0.4, -0.2) is 50.2 Å². The van der Waals surface area contributed by atoms with Crippen LogP contribution in [0.25, 0.3) is 0 Å². The largest absolute Gasteiger partial charge is 0.463 e. The Morgan fingerprint density at radius 3 is 3.29 bits per heavy atom. The number of carbonyl (C=O) groups is 1. The highest BCUT2D eigenvalue weighted by molar-refractivity contribution is 5.86. The highest BCUT2D eigenvalue weighted by Gasteiger charge is 2.33. The standard InChI is InChI=1S/C11H19N3O3/c1-16-11(15)10-6-9(13-17-10)8-2-4-14(7-8)5-3-12/h6,8-9,13H,2-5,7,12H2,1H3. The Bertz CT molecular complexity index is 319. The Hall–Kier alpha value is -1.11. The van der Waals surface area contributed by atoms with Crippen molar-refractivity contribution in [1.82, 2.24) is 10.4 Å². The average molecular weight is 241 g/mol. The molecule has 0 saturated carbocycles. The summed E-state index contributed by atoms with van der Waals surface area (Å²) in [6, 6.07) is 0.0897. The van der Waals surface area contributed by atoms with Crippen molar-refractivity contribution in [3.63, 3.8) is 0 Å². The van der Waals surface area contributed by atoms with Crippen LogP contribution in [0.15, 0.2) is 11.8 Å². The summed E-state index contributed by atoms with van der Waals surface area (Å²) in [5.41, 5.74) is 8.41. The molecule has 0 radical (unpaired) electrons. The number of methoxy groups -OCH3 is 1. The molecule has 0 aromatic heterocycles. The van der Waals surface area contributed by atoms with E-state index in [-0.39, 0.29) is 11.8 Å². The molecule has 2 heterocycles. The van der Waals surface area contributed by atoms with E-state index in [1.54, 1.807) is 0 Å². The van der Waals surface area contributed by atoms with Crippen LogP contribution < -0.4 is 11.2 Å². The molecule has 2 unspecified atom stereocenters. The number of ether oxygens (including phenoxy) is 1. The maximum atomic E-state index is 11.3. The lowest BCUT2D eigenvalue weighted by Crippen LogP contribution is -2.33. The number of nitrogens with one attached hydrogen (secondary N) is 1. The van der Waals surface area contributed by atoms with E-state index in [1.165, 1.54) is 7.11 Å². The average Bonchev–Trinajstić information content (AvgIpc) is 2.96. The molecule has 2 aliphatic heterocycles. The van der Waals surface area contributed by atoms with Gasteiger partial charge in [-0.25, -0.2) is 4.79 Å². The Morgan fingerprint density at radius 2 is 2.59 bits per heavy atom. The molecule has 2 rings (SSSR count). The minimum absolute atomic E-state index is 0.0897. The first-order chi connectivity index (χ1) is 8.24. The summed E-state index contributed by atoms with van der Waals surface area (Å²) in [4.78, 5) is 18.7. The minimum Gasteiger partial charge on any atom is -0.463 e. The third kappa shape index (κ3) is 2.77. The van der Waals surface area contributed by atoms with E-state index in [0.717, 1.165) is 26.1 Å². The van der Waals surface area contributed by atoms with Gasteiger partial charge in [-0.15, -0.1) is 5.48 Å². The van der Waals surface area contributed by atoms with Crippen LogP contribution in [0, 0.1) is 5.92 Å². The van der Waals surface area contributed by atoms with Gasteiger partial charge in [-0.1, -0.05) is 0 Å². The molecule has 0 spiro atoms. The maximum absolute atomic E-state index is 11.3. The smallest absolute Gasteiger partial charge is 0.375 e. The number of hydrogen-bond acceptors (Lipinski definition) is 6. The SMILES string of the molecule is COC(=O)C1=CC(C2CCN(CCN)C2)NO1. The zero-order valence-electron chi connectivity index (χ0n) is 10.0. The normalized spacial score (nSPS) is 28.9. The molecular weight excluding hydrogens is 222 g/mol. The zero-order chi connectivity index (χ0) is 12.3. The van der Waals surface area contributed by atoms with Crippen molar-refractivity contribution in [3.8, 4) is 0 Å². The molecule has 6 nitrogen and oxygen atoms in total. The van der Waals surface area contributed by atoms with Crippen molar-refractivity contribution in [3.05, 3.63) is 11.8 Å². The molecule has 3 N–H and O–H groups in total. The lowest BCUT2D eigenvalue weighted by atomic mass is 9.99. The first-order valence-corrected chi connectivity index (χ1v) is 5.89. The maximum Gasteiger partial charge on any atom is 0.375 e. The van der Waals surface area contributed by atoms with Crippen molar-refractivity contribution in [2.75, 3.05) is 33.3 Å². The van der Waals surface area contributed by atoms with Gasteiger partial charge < -0.3 is 20.2 Å². The van der Waals surface area contributed by atoms with E-state index >= 15 is 0 Å². The van der Waals surface area contributed by atoms with Crippen molar-refractivity contribution in [2.45, 2.75) is 12.5 Å². The van der Waals surface area contributed by atoms with Gasteiger partial charge in [-0.05, 0) is 25.0 Å². The molecule has 0 aromatic rings. The highest BCUT2D eigenvalue weighted by Crippen LogP contribution is 2.24. The molecule has 1 saturated heterocycles. The van der Waals surface area contributed by atoms with Crippen LogP contribution in [0.3, 0.4) is 0 Å². The van der Waals surface area contributed by atoms with Crippen LogP contribution in [-0.2, 0) is 14.4 Å². The molecule has 0 bridgehead atoms. The van der Waals surface area contributed by atoms with Gasteiger partial charge in [0.1, 0.15) is 0 Å². The number of carbonyl (C=O) groups excluding carboxylic acids is 1. The van der Waals surface area contributed by atoms with Crippen LogP contribution >= 0.6 is 0 Å². The van der Waals surface area contributed by atoms with Gasteiger partial charge in [0.05, 0.1) is 13.2 Å². The second-order valence-corrected chi connectivity index (χ2v) is 4.41. The van der Waals surface area contributed by atoms with Gasteiger partial charge in [0.15, 0.2) is 0 Å². The van der Waals surface area contributed by atoms with E-state index in [1.807, 2.05) is 6.08 Å². The molecule has 0 aromatic carbocycles. The number of hydrogen-bond donors (Lipinski definition) is 2. The topological polar surface area (TPSA) is 76.8 Å². The number of hydroxylamine groups is 1. The van der Waals surface area contributed by atoms with Crippen LogP contribution in [0.4, 0.5) is 0 Å². The molecule has 2 atom stereocenters. The quantitative estimate of drug-likeness (QED) is 0.629. The predicted molar refractivity (Wildman–Crippen MR) is 61.7 cm³/mol. The first kappa shape index (κ1) is 12.3. The van der Waals surface area contributed by atoms with E-state index in [4.69, 9.17) is 10.6 Å². The van der Waals surface area contributed by atoms with E-state index in [2.05, 4.69) is 15.1 Å². The van der Waals surface area contributed by atoms with Crippen LogP contribution in [0.1, 0.15) is 6.42 Å². The van der Waals surface area contributed by atoms with Gasteiger partial charge in [0, 0.05) is 19.6 Å². The number of nitrogens with two attached hydrogens (primary N) is 1. The molecule has 17 heavy (non-hydrogen) atoms. The monoisotopic (exact) mass is 241 g/mol. The number of likely N-dealkylation sites (tertiary alicyclic amines) is 1. The molecule has 0 amide bonds. The van der Waals surface area contributed by atoms with Crippen LogP contribution in [0.5, 0.6) is 0 Å². The number of rotatable bonds is 4. The lowest BCUT2D eigenvalue weighted by molar-refractivity contribution is -0.141. The van der Waals surface area contributed by atoms with Crippen molar-refractivity contribution in [1.29, 1.82) is 0 Å². The number of esters is 1. The Morgan fingerprint density at radius 1 is 1.76 bits per heavy atom. The summed E-state index contributed by atoms with van der Waals surface area (Å²) in [5.74, 6) is 0.287. The number of nitrogens with zero attached hydrogens (tertiary/aromatic N) is 1. The summed E-state index contributed by atoms with van der Waals surface area (Å²) in [6.45, 7) is 3.66. The molecular formula is C11H19N3O3. The summed E-state index contributed by atoms with van der Waals surface area (Å²) in [7, 11) is 1.35. The summed E-state index contributed by atoms with van der Waals surface area (Å²) < 4.78 is 4.61. The first-order valence-electron chi connectivity index (χ1n) is 5.89. The zero-order valence-corrected chi connectivity index (χ0v) is 10.0. The van der Waals surface area contributed by atoms with Gasteiger partial charge in [0.25, 0.3) is 0 Å². The van der Waals surface area contributed by atoms with E-state index in [9.17, 15) is 4.79 Å². The molecule has 96 valence electrons. The van der Waals surface area contributed by atoms with Gasteiger partial charge in [0.2, 0.25) is 5.76 Å². The highest BCUT2D eigenvalue weighted by atomic mass is 16.7. The predicted octanol–water partition coefficient (Wildman–Crippen LogP) is -0.773. The third-order valence-corrected chi connectivity index (χ3v) is 3.28. The second-order valence-electron chi connectivity index (χ2n) is 4.41. The Balaban J connectivity index is 1.89. The van der Waals surface area contributed by atoms with Crippen molar-refractivity contribution >= 4 is 5.97 Å². The molecule has 2 aliphatic rings. The molecule has 0 aliphatic carbocycles. The third-order valence-electron chi connectivity index (χ3n) is 3.28. The van der Waals surface area contributed by atoms with Crippen molar-refractivity contribution < 1.29 is 14.4 Å². The molecule has 1 fully saturated rings. The Labute approximate surface area is 101 Å². The minimum atomic E-state index is -0.434. The van der Waals surface area contributed by atoms with Crippen LogP contribution in [0.2, 0.25) is 0 Å². The fourth-order valence-corrected chi connectivity index (χ4v) is 2.35. The second kappa shape index (κ2) is 5.48. The summed E-state index contributed by atoms with van der Waals surface area (Å²) >= 11 is 0. The van der Waals surface area contributed by atoms with Gasteiger partial charge in [-0.3, -0.25) is 0 Å². The summed E-state index contributed by atoms with van der Waals surface area (Å²) in [5, 5.41) is 0. The van der Waals surface area contributed by atoms with E-state index in [0.29, 0.717) is 12.5 Å². The fourth-order valence-electron chi connectivity index (χ4n) is 2.35. The van der Waals surface area contributed by atoms with Gasteiger partial charge in [-0.2, -0.15) is 0 Å². The fraction of sp³-hybridized carbons (Fsp3) is 0.727. The van der Waals surface area contributed by atoms with Gasteiger partial charge >= 0.3 is 5.97 Å². The lowest BCUT2D eigenvalue weighted by Gasteiger charge is -2.17. The summed E-state index contributed by atoms with van der Waals surface area (Å²) in [6.07, 6.45) is 2.90. The molecule has 6 heteroatoms. The van der Waals surface area contributed by atoms with E-state index < -0.39 is 5.97 Å². The Kier molecular flexibility index (Phi) is 3.98.